The normalized spacial score (nSPS) is 14.0. The minimum absolute atomic E-state index is 0.175. The zero-order valence-corrected chi connectivity index (χ0v) is 19.7. The zero-order valence-electron chi connectivity index (χ0n) is 19.7. The summed E-state index contributed by atoms with van der Waals surface area (Å²) >= 11 is 0. The van der Waals surface area contributed by atoms with Gasteiger partial charge in [-0.15, -0.1) is 0 Å². The summed E-state index contributed by atoms with van der Waals surface area (Å²) in [6, 6.07) is 0. The van der Waals surface area contributed by atoms with Gasteiger partial charge in [-0.25, -0.2) is 4.79 Å². The summed E-state index contributed by atoms with van der Waals surface area (Å²) in [6.07, 6.45) is 22.4. The molecule has 0 aromatic heterocycles. The van der Waals surface area contributed by atoms with E-state index in [4.69, 9.17) is 9.47 Å². The van der Waals surface area contributed by atoms with Gasteiger partial charge in [-0.2, -0.15) is 0 Å². The molecule has 1 atom stereocenters. The third kappa shape index (κ3) is 15.6. The summed E-state index contributed by atoms with van der Waals surface area (Å²) in [7, 11) is 0. The van der Waals surface area contributed by atoms with Crippen LogP contribution in [-0.4, -0.2) is 29.6 Å². The molecule has 0 rings (SSSR count). The average molecular weight is 413 g/mol. The highest BCUT2D eigenvalue weighted by Crippen LogP contribution is 2.21. The van der Waals surface area contributed by atoms with Crippen LogP contribution in [0.25, 0.3) is 0 Å². The summed E-state index contributed by atoms with van der Waals surface area (Å²) in [5.41, 5.74) is 0. The Kier molecular flexibility index (Phi) is 18.5. The van der Waals surface area contributed by atoms with Crippen LogP contribution in [0.1, 0.15) is 124 Å². The van der Waals surface area contributed by atoms with Gasteiger partial charge in [0, 0.05) is 6.42 Å². The monoisotopic (exact) mass is 412 g/mol. The number of unbranched alkanes of at least 4 members (excludes halogenated alkanes) is 12. The van der Waals surface area contributed by atoms with E-state index in [1.807, 2.05) is 13.8 Å². The molecular formula is C25H48O4. The summed E-state index contributed by atoms with van der Waals surface area (Å²) in [5.74, 6) is -2.52. The van der Waals surface area contributed by atoms with Gasteiger partial charge in [0.1, 0.15) is 0 Å². The lowest BCUT2D eigenvalue weighted by Gasteiger charge is -2.30. The first-order valence-electron chi connectivity index (χ1n) is 12.2. The quantitative estimate of drug-likeness (QED) is 0.119. The van der Waals surface area contributed by atoms with Crippen LogP contribution in [0, 0.1) is 0 Å². The number of rotatable bonds is 21. The standard InChI is InChI=1S/C25H48O4/c1-5-7-8-9-10-11-12-13-14-15-16-17-18-19-20-21-22-28-25(6-2,24(26)27)29-23(3)4/h13-14,23H,5-12,15-22H2,1-4H3,(H,26,27)/b14-13-. The molecule has 29 heavy (non-hydrogen) atoms. The van der Waals surface area contributed by atoms with Gasteiger partial charge in [-0.05, 0) is 46.0 Å². The molecule has 4 heteroatoms. The van der Waals surface area contributed by atoms with Gasteiger partial charge in [-0.1, -0.05) is 83.8 Å². The Labute approximate surface area is 180 Å². The highest BCUT2D eigenvalue weighted by Gasteiger charge is 2.40. The Hall–Kier alpha value is -0.870. The van der Waals surface area contributed by atoms with Crippen molar-refractivity contribution < 1.29 is 19.4 Å². The van der Waals surface area contributed by atoms with E-state index in [1.165, 1.54) is 77.0 Å². The van der Waals surface area contributed by atoms with E-state index in [9.17, 15) is 9.90 Å². The third-order valence-corrected chi connectivity index (χ3v) is 5.21. The van der Waals surface area contributed by atoms with Crippen LogP contribution in [0.5, 0.6) is 0 Å². The number of allylic oxidation sites excluding steroid dienone is 2. The number of hydrogen-bond acceptors (Lipinski definition) is 3. The van der Waals surface area contributed by atoms with E-state index in [1.54, 1.807) is 6.92 Å². The highest BCUT2D eigenvalue weighted by atomic mass is 16.7. The number of hydrogen-bond donors (Lipinski definition) is 1. The van der Waals surface area contributed by atoms with Gasteiger partial charge in [-0.3, -0.25) is 0 Å². The summed E-state index contributed by atoms with van der Waals surface area (Å²) in [6.45, 7) is 8.16. The van der Waals surface area contributed by atoms with E-state index in [0.29, 0.717) is 13.0 Å². The van der Waals surface area contributed by atoms with Crippen LogP contribution < -0.4 is 0 Å². The number of aliphatic carboxylic acids is 1. The Balaban J connectivity index is 3.57. The number of carboxylic acids is 1. The molecule has 0 saturated heterocycles. The minimum atomic E-state index is -1.49. The molecule has 0 amide bonds. The van der Waals surface area contributed by atoms with E-state index >= 15 is 0 Å². The van der Waals surface area contributed by atoms with Crippen LogP contribution >= 0.6 is 0 Å². The van der Waals surface area contributed by atoms with Gasteiger partial charge in [0.05, 0.1) is 12.7 Å². The molecule has 0 aromatic carbocycles. The Morgan fingerprint density at radius 3 is 1.76 bits per heavy atom. The maximum Gasteiger partial charge on any atom is 0.364 e. The summed E-state index contributed by atoms with van der Waals surface area (Å²) in [4.78, 5) is 11.5. The fourth-order valence-corrected chi connectivity index (χ4v) is 3.45. The van der Waals surface area contributed by atoms with Crippen LogP contribution in [0.15, 0.2) is 12.2 Å². The SMILES string of the molecule is CCCCCCCC/C=C\CCCCCCCCOC(CC)(OC(C)C)C(=O)O. The molecule has 4 nitrogen and oxygen atoms in total. The molecule has 0 aliphatic rings. The fraction of sp³-hybridized carbons (Fsp3) is 0.880. The maximum atomic E-state index is 11.5. The van der Waals surface area contributed by atoms with Crippen LogP contribution in [-0.2, 0) is 14.3 Å². The second-order valence-electron chi connectivity index (χ2n) is 8.36. The van der Waals surface area contributed by atoms with Crippen molar-refractivity contribution in [3.8, 4) is 0 Å². The minimum Gasteiger partial charge on any atom is -0.477 e. The second kappa shape index (κ2) is 19.1. The smallest absolute Gasteiger partial charge is 0.364 e. The van der Waals surface area contributed by atoms with E-state index < -0.39 is 11.8 Å². The van der Waals surface area contributed by atoms with Crippen molar-refractivity contribution in [3.63, 3.8) is 0 Å². The fourth-order valence-electron chi connectivity index (χ4n) is 3.45. The van der Waals surface area contributed by atoms with Crippen molar-refractivity contribution in [1.29, 1.82) is 0 Å². The number of carbonyl (C=O) groups is 1. The molecule has 0 bridgehead atoms. The first-order valence-corrected chi connectivity index (χ1v) is 12.2. The van der Waals surface area contributed by atoms with Gasteiger partial charge in [0.2, 0.25) is 0 Å². The lowest BCUT2D eigenvalue weighted by molar-refractivity contribution is -0.257. The van der Waals surface area contributed by atoms with Crippen molar-refractivity contribution in [2.45, 2.75) is 136 Å². The summed E-state index contributed by atoms with van der Waals surface area (Å²) in [5, 5.41) is 9.45. The Bertz CT molecular complexity index is 406. The van der Waals surface area contributed by atoms with Crippen molar-refractivity contribution in [2.75, 3.05) is 6.61 Å². The molecule has 0 saturated carbocycles. The van der Waals surface area contributed by atoms with Crippen molar-refractivity contribution in [2.24, 2.45) is 0 Å². The van der Waals surface area contributed by atoms with E-state index in [2.05, 4.69) is 19.1 Å². The lowest BCUT2D eigenvalue weighted by Crippen LogP contribution is -2.45. The molecule has 0 fully saturated rings. The molecule has 0 aliphatic heterocycles. The Morgan fingerprint density at radius 1 is 0.828 bits per heavy atom. The highest BCUT2D eigenvalue weighted by molar-refractivity contribution is 5.75. The molecule has 0 heterocycles. The van der Waals surface area contributed by atoms with Crippen molar-refractivity contribution in [1.82, 2.24) is 0 Å². The van der Waals surface area contributed by atoms with E-state index in [0.717, 1.165) is 12.8 Å². The average Bonchev–Trinajstić information content (AvgIpc) is 2.68. The predicted molar refractivity (Wildman–Crippen MR) is 122 cm³/mol. The first-order chi connectivity index (χ1) is 14.0. The molecule has 1 N–H and O–H groups in total. The molecule has 0 radical (unpaired) electrons. The molecule has 0 aliphatic carbocycles. The molecule has 1 unspecified atom stereocenters. The van der Waals surface area contributed by atoms with Gasteiger partial charge in [0.25, 0.3) is 5.79 Å². The summed E-state index contributed by atoms with van der Waals surface area (Å²) < 4.78 is 11.2. The molecule has 0 spiro atoms. The Morgan fingerprint density at radius 2 is 1.31 bits per heavy atom. The molecular weight excluding hydrogens is 364 g/mol. The van der Waals surface area contributed by atoms with Crippen LogP contribution in [0.3, 0.4) is 0 Å². The number of carboxylic acid groups (broad SMARTS) is 1. The maximum absolute atomic E-state index is 11.5. The van der Waals surface area contributed by atoms with E-state index in [-0.39, 0.29) is 6.10 Å². The van der Waals surface area contributed by atoms with Gasteiger partial charge < -0.3 is 14.6 Å². The van der Waals surface area contributed by atoms with Gasteiger partial charge >= 0.3 is 5.97 Å². The number of ether oxygens (including phenoxy) is 2. The predicted octanol–water partition coefficient (Wildman–Crippen LogP) is 7.66. The van der Waals surface area contributed by atoms with Crippen molar-refractivity contribution >= 4 is 5.97 Å². The topological polar surface area (TPSA) is 55.8 Å². The molecule has 0 aromatic rings. The third-order valence-electron chi connectivity index (χ3n) is 5.21. The largest absolute Gasteiger partial charge is 0.477 e. The van der Waals surface area contributed by atoms with Crippen LogP contribution in [0.4, 0.5) is 0 Å². The molecule has 172 valence electrons. The van der Waals surface area contributed by atoms with Crippen molar-refractivity contribution in [3.05, 3.63) is 12.2 Å². The van der Waals surface area contributed by atoms with Gasteiger partial charge in [0.15, 0.2) is 0 Å². The zero-order chi connectivity index (χ0) is 21.8. The lowest BCUT2D eigenvalue weighted by atomic mass is 10.1. The first kappa shape index (κ1) is 28.1. The second-order valence-corrected chi connectivity index (χ2v) is 8.36. The van der Waals surface area contributed by atoms with Crippen LogP contribution in [0.2, 0.25) is 0 Å².